The molecule has 3 aromatic rings. The number of rotatable bonds is 5. The summed E-state index contributed by atoms with van der Waals surface area (Å²) in [6, 6.07) is 15.8. The number of carbonyl (C=O) groups is 1. The first-order chi connectivity index (χ1) is 13.9. The molecule has 0 aliphatic rings. The number of carbonyl (C=O) groups excluding carboxylic acids is 1. The number of benzene rings is 2. The third kappa shape index (κ3) is 4.57. The van der Waals surface area contributed by atoms with E-state index in [9.17, 15) is 4.79 Å². The van der Waals surface area contributed by atoms with E-state index in [0.717, 1.165) is 34.6 Å². The number of amides is 2. The number of urea groups is 1. The van der Waals surface area contributed by atoms with Crippen LogP contribution in [0.2, 0.25) is 0 Å². The predicted octanol–water partition coefficient (Wildman–Crippen LogP) is 5.43. The van der Waals surface area contributed by atoms with Crippen molar-refractivity contribution in [3.63, 3.8) is 0 Å². The van der Waals surface area contributed by atoms with E-state index < -0.39 is 0 Å². The molecule has 0 fully saturated rings. The molecule has 1 heterocycles. The average Bonchev–Trinajstić information content (AvgIpc) is 2.95. The Labute approximate surface area is 172 Å². The number of aromatic nitrogens is 1. The lowest BCUT2D eigenvalue weighted by Gasteiger charge is -2.17. The van der Waals surface area contributed by atoms with Crippen LogP contribution in [0.3, 0.4) is 0 Å². The summed E-state index contributed by atoms with van der Waals surface area (Å²) in [7, 11) is 0. The van der Waals surface area contributed by atoms with Gasteiger partial charge in [0.1, 0.15) is 0 Å². The van der Waals surface area contributed by atoms with Crippen LogP contribution in [0.25, 0.3) is 5.69 Å². The van der Waals surface area contributed by atoms with Gasteiger partial charge in [0.2, 0.25) is 0 Å². The summed E-state index contributed by atoms with van der Waals surface area (Å²) < 4.78 is 2.27. The van der Waals surface area contributed by atoms with Crippen LogP contribution in [0.1, 0.15) is 40.6 Å². The molecule has 5 nitrogen and oxygen atoms in total. The van der Waals surface area contributed by atoms with E-state index in [1.807, 2.05) is 31.2 Å². The Bertz CT molecular complexity index is 1060. The van der Waals surface area contributed by atoms with Gasteiger partial charge >= 0.3 is 6.03 Å². The molecule has 0 aliphatic carbocycles. The Morgan fingerprint density at radius 3 is 2.55 bits per heavy atom. The SMILES string of the molecule is CCc1cccc(C)c1-n1c(C)cc(/C=N/NC(=O)Nc2cccc(C)c2)c1C. The van der Waals surface area contributed by atoms with Gasteiger partial charge in [-0.15, -0.1) is 0 Å². The maximum absolute atomic E-state index is 12.1. The fourth-order valence-electron chi connectivity index (χ4n) is 3.63. The van der Waals surface area contributed by atoms with E-state index in [2.05, 4.69) is 72.4 Å². The van der Waals surface area contributed by atoms with Crippen molar-refractivity contribution in [1.29, 1.82) is 0 Å². The predicted molar refractivity (Wildman–Crippen MR) is 120 cm³/mol. The monoisotopic (exact) mass is 388 g/mol. The molecule has 0 unspecified atom stereocenters. The fourth-order valence-corrected chi connectivity index (χ4v) is 3.63. The van der Waals surface area contributed by atoms with Crippen molar-refractivity contribution in [2.45, 2.75) is 41.0 Å². The Balaban J connectivity index is 1.78. The summed E-state index contributed by atoms with van der Waals surface area (Å²) in [5.41, 5.74) is 11.4. The molecule has 0 bridgehead atoms. The molecule has 150 valence electrons. The Kier molecular flexibility index (Phi) is 6.17. The van der Waals surface area contributed by atoms with Gasteiger partial charge in [0, 0.05) is 22.6 Å². The Morgan fingerprint density at radius 2 is 1.83 bits per heavy atom. The van der Waals surface area contributed by atoms with Crippen molar-refractivity contribution in [3.05, 3.63) is 82.2 Å². The smallest absolute Gasteiger partial charge is 0.317 e. The number of hydrazone groups is 1. The van der Waals surface area contributed by atoms with Gasteiger partial charge in [-0.05, 0) is 69.0 Å². The largest absolute Gasteiger partial charge is 0.339 e. The van der Waals surface area contributed by atoms with Crippen LogP contribution in [0, 0.1) is 27.7 Å². The molecule has 0 radical (unpaired) electrons. The van der Waals surface area contributed by atoms with E-state index in [1.54, 1.807) is 6.21 Å². The minimum absolute atomic E-state index is 0.368. The maximum Gasteiger partial charge on any atom is 0.339 e. The fraction of sp³-hybridized carbons (Fsp3) is 0.250. The van der Waals surface area contributed by atoms with E-state index in [0.29, 0.717) is 0 Å². The molecule has 0 saturated carbocycles. The van der Waals surface area contributed by atoms with Gasteiger partial charge in [-0.25, -0.2) is 10.2 Å². The molecular formula is C24H28N4O. The van der Waals surface area contributed by atoms with Gasteiger partial charge in [0.15, 0.2) is 0 Å². The van der Waals surface area contributed by atoms with E-state index >= 15 is 0 Å². The molecule has 0 spiro atoms. The molecular weight excluding hydrogens is 360 g/mol. The third-order valence-electron chi connectivity index (χ3n) is 5.04. The average molecular weight is 389 g/mol. The first-order valence-corrected chi connectivity index (χ1v) is 9.85. The number of nitrogens with zero attached hydrogens (tertiary/aromatic N) is 2. The lowest BCUT2D eigenvalue weighted by molar-refractivity contribution is 0.252. The minimum atomic E-state index is -0.368. The first kappa shape index (κ1) is 20.4. The lowest BCUT2D eigenvalue weighted by Crippen LogP contribution is -2.24. The van der Waals surface area contributed by atoms with Crippen molar-refractivity contribution in [1.82, 2.24) is 9.99 Å². The zero-order valence-corrected chi connectivity index (χ0v) is 17.7. The summed E-state index contributed by atoms with van der Waals surface area (Å²) in [5.74, 6) is 0. The number of aryl methyl sites for hydroxylation is 4. The van der Waals surface area contributed by atoms with E-state index in [1.165, 1.54) is 16.8 Å². The van der Waals surface area contributed by atoms with Gasteiger partial charge in [-0.1, -0.05) is 37.3 Å². The van der Waals surface area contributed by atoms with Crippen molar-refractivity contribution in [2.24, 2.45) is 5.10 Å². The van der Waals surface area contributed by atoms with Crippen molar-refractivity contribution in [3.8, 4) is 5.69 Å². The quantitative estimate of drug-likeness (QED) is 0.444. The maximum atomic E-state index is 12.1. The topological polar surface area (TPSA) is 58.4 Å². The van der Waals surface area contributed by atoms with Crippen molar-refractivity contribution < 1.29 is 4.79 Å². The van der Waals surface area contributed by atoms with Crippen LogP contribution in [-0.4, -0.2) is 16.8 Å². The zero-order valence-electron chi connectivity index (χ0n) is 17.7. The molecule has 29 heavy (non-hydrogen) atoms. The summed E-state index contributed by atoms with van der Waals surface area (Å²) >= 11 is 0. The number of nitrogens with one attached hydrogen (secondary N) is 2. The number of hydrogen-bond donors (Lipinski definition) is 2. The number of para-hydroxylation sites is 1. The van der Waals surface area contributed by atoms with Gasteiger partial charge in [0.25, 0.3) is 0 Å². The molecule has 0 saturated heterocycles. The standard InChI is InChI=1S/C24H28N4O/c1-6-20-11-8-10-17(3)23(20)28-18(4)14-21(19(28)5)15-25-27-24(29)26-22-12-7-9-16(2)13-22/h7-15H,6H2,1-5H3,(H2,26,27,29)/b25-15+. The Hall–Kier alpha value is -3.34. The summed E-state index contributed by atoms with van der Waals surface area (Å²) in [6.45, 7) is 10.5. The highest BCUT2D eigenvalue weighted by Crippen LogP contribution is 2.26. The van der Waals surface area contributed by atoms with Crippen molar-refractivity contribution in [2.75, 3.05) is 5.32 Å². The second kappa shape index (κ2) is 8.78. The molecule has 2 amide bonds. The summed E-state index contributed by atoms with van der Waals surface area (Å²) in [6.07, 6.45) is 2.66. The van der Waals surface area contributed by atoms with Crippen LogP contribution < -0.4 is 10.7 Å². The van der Waals surface area contributed by atoms with Crippen LogP contribution in [0.5, 0.6) is 0 Å². The molecule has 3 rings (SSSR count). The normalized spacial score (nSPS) is 11.1. The molecule has 1 aromatic heterocycles. The van der Waals surface area contributed by atoms with Gasteiger partial charge < -0.3 is 9.88 Å². The summed E-state index contributed by atoms with van der Waals surface area (Å²) in [5, 5.41) is 6.91. The lowest BCUT2D eigenvalue weighted by atomic mass is 10.1. The van der Waals surface area contributed by atoms with Crippen LogP contribution in [-0.2, 0) is 6.42 Å². The third-order valence-corrected chi connectivity index (χ3v) is 5.04. The minimum Gasteiger partial charge on any atom is -0.317 e. The summed E-state index contributed by atoms with van der Waals surface area (Å²) in [4.78, 5) is 12.1. The molecule has 5 heteroatoms. The number of anilines is 1. The van der Waals surface area contributed by atoms with Crippen molar-refractivity contribution >= 4 is 17.9 Å². The van der Waals surface area contributed by atoms with E-state index in [-0.39, 0.29) is 6.03 Å². The van der Waals surface area contributed by atoms with Gasteiger partial charge in [-0.2, -0.15) is 5.10 Å². The highest BCUT2D eigenvalue weighted by molar-refractivity contribution is 5.90. The van der Waals surface area contributed by atoms with Crippen LogP contribution in [0.4, 0.5) is 10.5 Å². The van der Waals surface area contributed by atoms with E-state index in [4.69, 9.17) is 0 Å². The zero-order chi connectivity index (χ0) is 21.0. The molecule has 0 aliphatic heterocycles. The molecule has 2 aromatic carbocycles. The highest BCUT2D eigenvalue weighted by Gasteiger charge is 2.14. The first-order valence-electron chi connectivity index (χ1n) is 9.85. The highest BCUT2D eigenvalue weighted by atomic mass is 16.2. The Morgan fingerprint density at radius 1 is 1.07 bits per heavy atom. The van der Waals surface area contributed by atoms with Gasteiger partial charge in [-0.3, -0.25) is 0 Å². The van der Waals surface area contributed by atoms with Gasteiger partial charge in [0.05, 0.1) is 11.9 Å². The number of hydrogen-bond acceptors (Lipinski definition) is 2. The molecule has 2 N–H and O–H groups in total. The second-order valence-electron chi connectivity index (χ2n) is 7.29. The molecule has 0 atom stereocenters. The second-order valence-corrected chi connectivity index (χ2v) is 7.29. The van der Waals surface area contributed by atoms with Crippen LogP contribution in [0.15, 0.2) is 53.6 Å². The van der Waals surface area contributed by atoms with Crippen LogP contribution >= 0.6 is 0 Å².